The van der Waals surface area contributed by atoms with Gasteiger partial charge in [-0.05, 0) is 43.1 Å². The van der Waals surface area contributed by atoms with Gasteiger partial charge in [0.15, 0.2) is 23.0 Å². The fourth-order valence-electron chi connectivity index (χ4n) is 6.82. The number of hydrogen-bond donors (Lipinski definition) is 0. The third kappa shape index (κ3) is 5.36. The first-order valence-corrected chi connectivity index (χ1v) is 16.3. The van der Waals surface area contributed by atoms with Crippen molar-refractivity contribution in [2.24, 2.45) is 5.92 Å². The van der Waals surface area contributed by atoms with E-state index in [9.17, 15) is 4.79 Å². The Morgan fingerprint density at radius 2 is 1.49 bits per heavy atom. The SMILES string of the molecule is COCO[C@@H]1[C@H](CO[Si](c2ccccc2)(c2ccccc2)C(C)(C)C)C(=O)[C@@H]2OC(C)(C)O[C@@H]2[C@]12COC(C)(C)O2. The number of rotatable bonds is 8. The van der Waals surface area contributed by atoms with Crippen LogP contribution in [0.3, 0.4) is 0 Å². The number of methoxy groups -OCH3 is 1. The van der Waals surface area contributed by atoms with E-state index in [-0.39, 0.29) is 30.8 Å². The maximum Gasteiger partial charge on any atom is 0.261 e. The summed E-state index contributed by atoms with van der Waals surface area (Å²) in [5, 5.41) is 2.00. The van der Waals surface area contributed by atoms with Gasteiger partial charge in [0.25, 0.3) is 8.32 Å². The minimum Gasteiger partial charge on any atom is -0.407 e. The molecule has 2 aliphatic heterocycles. The van der Waals surface area contributed by atoms with Crippen LogP contribution in [0.1, 0.15) is 48.5 Å². The predicted molar refractivity (Wildman–Crippen MR) is 156 cm³/mol. The van der Waals surface area contributed by atoms with E-state index < -0.39 is 49.7 Å². The summed E-state index contributed by atoms with van der Waals surface area (Å²) in [6.07, 6.45) is -2.32. The van der Waals surface area contributed by atoms with E-state index in [0.29, 0.717) is 0 Å². The molecule has 1 aliphatic carbocycles. The van der Waals surface area contributed by atoms with Crippen LogP contribution in [0.2, 0.25) is 5.04 Å². The van der Waals surface area contributed by atoms with Crippen LogP contribution in [0.15, 0.2) is 60.7 Å². The lowest BCUT2D eigenvalue weighted by Gasteiger charge is -2.49. The molecule has 0 N–H and O–H groups in total. The molecule has 3 aliphatic rings. The molecule has 2 saturated heterocycles. The average molecular weight is 585 g/mol. The van der Waals surface area contributed by atoms with Gasteiger partial charge in [-0.1, -0.05) is 81.4 Å². The van der Waals surface area contributed by atoms with E-state index in [1.165, 1.54) is 0 Å². The molecule has 0 aromatic heterocycles. The first kappa shape index (κ1) is 30.5. The second-order valence-corrected chi connectivity index (χ2v) is 17.5. The summed E-state index contributed by atoms with van der Waals surface area (Å²) in [6.45, 7) is 14.2. The molecular formula is C32H44O8Si. The van der Waals surface area contributed by atoms with Crippen molar-refractivity contribution in [3.8, 4) is 0 Å². The number of ether oxygens (including phenoxy) is 6. The van der Waals surface area contributed by atoms with Gasteiger partial charge in [-0.25, -0.2) is 0 Å². The number of carbonyl (C=O) groups is 1. The van der Waals surface area contributed by atoms with Gasteiger partial charge in [0, 0.05) is 13.7 Å². The molecule has 3 fully saturated rings. The number of Topliss-reactive ketones (excluding diaryl/α,β-unsaturated/α-hetero) is 1. The van der Waals surface area contributed by atoms with Crippen molar-refractivity contribution >= 4 is 24.5 Å². The first-order chi connectivity index (χ1) is 19.3. The maximum absolute atomic E-state index is 14.3. The summed E-state index contributed by atoms with van der Waals surface area (Å²) in [6, 6.07) is 20.7. The Morgan fingerprint density at radius 1 is 0.902 bits per heavy atom. The fraction of sp³-hybridized carbons (Fsp3) is 0.594. The molecule has 5 rings (SSSR count). The van der Waals surface area contributed by atoms with Crippen LogP contribution >= 0.6 is 0 Å². The van der Waals surface area contributed by atoms with Gasteiger partial charge in [-0.15, -0.1) is 0 Å². The van der Waals surface area contributed by atoms with Crippen LogP contribution in [0.25, 0.3) is 0 Å². The first-order valence-electron chi connectivity index (χ1n) is 14.4. The Bertz CT molecular complexity index is 1170. The number of ketones is 1. The molecule has 0 unspecified atom stereocenters. The van der Waals surface area contributed by atoms with Gasteiger partial charge in [0.1, 0.15) is 25.1 Å². The second kappa shape index (κ2) is 11.0. The summed E-state index contributed by atoms with van der Waals surface area (Å²) in [5.74, 6) is -2.73. The summed E-state index contributed by atoms with van der Waals surface area (Å²) >= 11 is 0. The number of hydrogen-bond acceptors (Lipinski definition) is 8. The molecule has 0 amide bonds. The van der Waals surface area contributed by atoms with Crippen molar-refractivity contribution in [3.05, 3.63) is 60.7 Å². The number of carbonyl (C=O) groups excluding carboxylic acids is 1. The maximum atomic E-state index is 14.3. The smallest absolute Gasteiger partial charge is 0.261 e. The van der Waals surface area contributed by atoms with Crippen LogP contribution < -0.4 is 10.4 Å². The Labute approximate surface area is 244 Å². The highest BCUT2D eigenvalue weighted by Gasteiger charge is 2.70. The molecule has 0 radical (unpaired) electrons. The van der Waals surface area contributed by atoms with Crippen molar-refractivity contribution in [3.63, 3.8) is 0 Å². The van der Waals surface area contributed by atoms with Crippen molar-refractivity contribution in [2.75, 3.05) is 27.1 Å². The molecule has 2 heterocycles. The highest BCUT2D eigenvalue weighted by molar-refractivity contribution is 6.99. The van der Waals surface area contributed by atoms with E-state index in [4.69, 9.17) is 32.8 Å². The minimum atomic E-state index is -2.95. The average Bonchev–Trinajstić information content (AvgIpc) is 3.43. The van der Waals surface area contributed by atoms with Crippen molar-refractivity contribution < 1.29 is 37.6 Å². The molecule has 8 nitrogen and oxygen atoms in total. The molecule has 2 aromatic rings. The predicted octanol–water partition coefficient (Wildman–Crippen LogP) is 3.79. The van der Waals surface area contributed by atoms with Gasteiger partial charge >= 0.3 is 0 Å². The molecule has 1 spiro atoms. The Morgan fingerprint density at radius 3 is 1.98 bits per heavy atom. The monoisotopic (exact) mass is 584 g/mol. The van der Waals surface area contributed by atoms with Gasteiger partial charge < -0.3 is 32.8 Å². The Balaban J connectivity index is 1.61. The molecular weight excluding hydrogens is 540 g/mol. The van der Waals surface area contributed by atoms with E-state index in [2.05, 4.69) is 45.0 Å². The quantitative estimate of drug-likeness (QED) is 0.343. The third-order valence-corrected chi connectivity index (χ3v) is 13.4. The van der Waals surface area contributed by atoms with Crippen molar-refractivity contribution in [2.45, 2.75) is 89.0 Å². The second-order valence-electron chi connectivity index (χ2n) is 13.2. The highest BCUT2D eigenvalue weighted by atomic mass is 28.4. The van der Waals surface area contributed by atoms with Crippen LogP contribution in [-0.2, 0) is 37.6 Å². The van der Waals surface area contributed by atoms with Crippen molar-refractivity contribution in [1.82, 2.24) is 0 Å². The molecule has 0 bridgehead atoms. The van der Waals surface area contributed by atoms with E-state index in [0.717, 1.165) is 10.4 Å². The van der Waals surface area contributed by atoms with Gasteiger partial charge in [-0.2, -0.15) is 0 Å². The molecule has 2 aromatic carbocycles. The lowest BCUT2D eigenvalue weighted by Crippen LogP contribution is -2.71. The van der Waals surface area contributed by atoms with Gasteiger partial charge in [0.05, 0.1) is 12.5 Å². The molecule has 9 heteroatoms. The van der Waals surface area contributed by atoms with Crippen LogP contribution in [0.5, 0.6) is 0 Å². The summed E-state index contributed by atoms with van der Waals surface area (Å²) < 4.78 is 44.3. The van der Waals surface area contributed by atoms with Gasteiger partial charge in [0.2, 0.25) is 0 Å². The standard InChI is InChI=1S/C32H44O8Si/c1-29(2,3)41(22-15-11-9-12-16-22,23-17-13-10-14-18-23)37-19-24-25(33)26-28(39-31(6,7)38-26)32(27(24)35-21-34-8)20-36-30(4,5)40-32/h9-18,24,26-28H,19-21H2,1-8H3/t24-,26+,27-,28+,32+/m1/s1. The zero-order valence-electron chi connectivity index (χ0n) is 25.5. The molecule has 5 atom stereocenters. The highest BCUT2D eigenvalue weighted by Crippen LogP contribution is 2.51. The number of fused-ring (bicyclic) bond motifs is 2. The Kier molecular flexibility index (Phi) is 8.15. The minimum absolute atomic E-state index is 0.0269. The molecule has 1 saturated carbocycles. The zero-order valence-corrected chi connectivity index (χ0v) is 26.5. The van der Waals surface area contributed by atoms with Crippen LogP contribution in [0, 0.1) is 5.92 Å². The normalized spacial score (nSPS) is 31.0. The fourth-order valence-corrected chi connectivity index (χ4v) is 11.4. The van der Waals surface area contributed by atoms with E-state index >= 15 is 0 Å². The molecule has 41 heavy (non-hydrogen) atoms. The summed E-state index contributed by atoms with van der Waals surface area (Å²) in [4.78, 5) is 14.3. The van der Waals surface area contributed by atoms with Crippen molar-refractivity contribution in [1.29, 1.82) is 0 Å². The molecule has 224 valence electrons. The largest absolute Gasteiger partial charge is 0.407 e. The lowest BCUT2D eigenvalue weighted by atomic mass is 9.71. The van der Waals surface area contributed by atoms with Crippen LogP contribution in [-0.4, -0.2) is 76.7 Å². The van der Waals surface area contributed by atoms with E-state index in [1.54, 1.807) is 7.11 Å². The summed E-state index contributed by atoms with van der Waals surface area (Å²) in [7, 11) is -1.39. The van der Waals surface area contributed by atoms with Crippen LogP contribution in [0.4, 0.5) is 0 Å². The third-order valence-electron chi connectivity index (χ3n) is 8.41. The lowest BCUT2D eigenvalue weighted by molar-refractivity contribution is -0.262. The topological polar surface area (TPSA) is 81.7 Å². The summed E-state index contributed by atoms with van der Waals surface area (Å²) in [5.41, 5.74) is -1.10. The zero-order chi connectivity index (χ0) is 29.7. The number of benzene rings is 2. The Hall–Kier alpha value is -1.95. The van der Waals surface area contributed by atoms with Gasteiger partial charge in [-0.3, -0.25) is 4.79 Å². The van der Waals surface area contributed by atoms with E-state index in [1.807, 2.05) is 64.1 Å².